The molecule has 1 fully saturated rings. The largest absolute Gasteiger partial charge is 0.482 e. The van der Waals surface area contributed by atoms with Gasteiger partial charge >= 0.3 is 6.03 Å². The van der Waals surface area contributed by atoms with Gasteiger partial charge in [-0.1, -0.05) is 34.1 Å². The highest BCUT2D eigenvalue weighted by molar-refractivity contribution is 9.11. The highest BCUT2D eigenvalue weighted by atomic mass is 79.9. The molecule has 0 bridgehead atoms. The first-order valence-corrected chi connectivity index (χ1v) is 12.8. The quantitative estimate of drug-likeness (QED) is 0.155. The predicted molar refractivity (Wildman–Crippen MR) is 149 cm³/mol. The van der Waals surface area contributed by atoms with E-state index >= 15 is 0 Å². The van der Waals surface area contributed by atoms with Gasteiger partial charge in [0.1, 0.15) is 11.3 Å². The molecule has 1 heterocycles. The minimum absolute atomic E-state index is 0.0928. The van der Waals surface area contributed by atoms with Gasteiger partial charge in [-0.05, 0) is 64.8 Å². The predicted octanol–water partition coefficient (Wildman–Crippen LogP) is 5.11. The average Bonchev–Trinajstić information content (AvgIpc) is 2.86. The van der Waals surface area contributed by atoms with Crippen molar-refractivity contribution in [3.05, 3.63) is 96.4 Å². The van der Waals surface area contributed by atoms with Crippen LogP contribution in [0.15, 0.2) is 75.2 Å². The normalized spacial score (nSPS) is 14.3. The SMILES string of the molecule is Cc1cccc(NC(=O)COc2c(Br)cc(Br)cc2/C=C2/C(=O)NC(=O)N(c3cccc([N+](=O)[O-])c3)C2=O)c1. The minimum atomic E-state index is -1.05. The van der Waals surface area contributed by atoms with Crippen molar-refractivity contribution in [1.29, 1.82) is 0 Å². The maximum absolute atomic E-state index is 13.3. The lowest BCUT2D eigenvalue weighted by Gasteiger charge is -2.26. The zero-order chi connectivity index (χ0) is 28.3. The van der Waals surface area contributed by atoms with Crippen LogP contribution in [0.5, 0.6) is 5.75 Å². The lowest BCUT2D eigenvalue weighted by molar-refractivity contribution is -0.384. The Morgan fingerprint density at radius 3 is 2.56 bits per heavy atom. The third-order valence-corrected chi connectivity index (χ3v) is 6.43. The molecule has 5 amide bonds. The Bertz CT molecular complexity index is 1570. The van der Waals surface area contributed by atoms with Gasteiger partial charge in [0.25, 0.3) is 23.4 Å². The van der Waals surface area contributed by atoms with Gasteiger partial charge < -0.3 is 10.1 Å². The number of barbiturate groups is 1. The van der Waals surface area contributed by atoms with E-state index in [1.165, 1.54) is 24.3 Å². The second kappa shape index (κ2) is 11.6. The van der Waals surface area contributed by atoms with Crippen LogP contribution < -0.4 is 20.3 Å². The maximum atomic E-state index is 13.3. The van der Waals surface area contributed by atoms with Crippen LogP contribution in [0.25, 0.3) is 6.08 Å². The molecular weight excluding hydrogens is 640 g/mol. The number of hydrogen-bond acceptors (Lipinski definition) is 7. The number of amides is 5. The number of anilines is 2. The molecule has 3 aromatic carbocycles. The van der Waals surface area contributed by atoms with E-state index in [1.54, 1.807) is 30.3 Å². The lowest BCUT2D eigenvalue weighted by atomic mass is 10.1. The van der Waals surface area contributed by atoms with E-state index in [2.05, 4.69) is 42.5 Å². The van der Waals surface area contributed by atoms with E-state index in [9.17, 15) is 29.3 Å². The van der Waals surface area contributed by atoms with Gasteiger partial charge in [-0.3, -0.25) is 29.8 Å². The van der Waals surface area contributed by atoms with E-state index in [1.807, 2.05) is 13.0 Å². The summed E-state index contributed by atoms with van der Waals surface area (Å²) < 4.78 is 6.73. The number of non-ortho nitro benzene ring substituents is 1. The molecule has 3 aromatic rings. The summed E-state index contributed by atoms with van der Waals surface area (Å²) in [5.41, 5.74) is 0.935. The number of nitrogens with zero attached hydrogens (tertiary/aromatic N) is 2. The van der Waals surface area contributed by atoms with Crippen molar-refractivity contribution >= 4 is 78.8 Å². The van der Waals surface area contributed by atoms with Crippen molar-refractivity contribution in [2.24, 2.45) is 0 Å². The molecule has 0 atom stereocenters. The van der Waals surface area contributed by atoms with Crippen LogP contribution in [0.4, 0.5) is 21.9 Å². The Morgan fingerprint density at radius 2 is 1.85 bits per heavy atom. The number of nitro groups is 1. The van der Waals surface area contributed by atoms with E-state index in [4.69, 9.17) is 4.74 Å². The maximum Gasteiger partial charge on any atom is 0.335 e. The molecule has 13 heteroatoms. The first-order valence-electron chi connectivity index (χ1n) is 11.2. The van der Waals surface area contributed by atoms with Gasteiger partial charge in [0.2, 0.25) is 0 Å². The van der Waals surface area contributed by atoms with Gasteiger partial charge in [-0.25, -0.2) is 9.69 Å². The molecule has 4 rings (SSSR count). The number of aryl methyl sites for hydroxylation is 1. The third-order valence-electron chi connectivity index (χ3n) is 5.39. The van der Waals surface area contributed by atoms with Gasteiger partial charge in [0, 0.05) is 27.9 Å². The van der Waals surface area contributed by atoms with Crippen LogP contribution in [0.2, 0.25) is 0 Å². The highest BCUT2D eigenvalue weighted by Crippen LogP contribution is 2.35. The zero-order valence-corrected chi connectivity index (χ0v) is 23.2. The summed E-state index contributed by atoms with van der Waals surface area (Å²) in [6.45, 7) is 1.50. The Hall–Kier alpha value is -4.36. The molecule has 39 heavy (non-hydrogen) atoms. The molecule has 1 saturated heterocycles. The number of benzene rings is 3. The van der Waals surface area contributed by atoms with E-state index < -0.39 is 34.2 Å². The van der Waals surface area contributed by atoms with Crippen molar-refractivity contribution < 1.29 is 28.8 Å². The Labute approximate surface area is 238 Å². The Morgan fingerprint density at radius 1 is 1.10 bits per heavy atom. The van der Waals surface area contributed by atoms with Crippen LogP contribution in [0.3, 0.4) is 0 Å². The number of carbonyl (C=O) groups is 4. The number of halogens is 2. The fourth-order valence-electron chi connectivity index (χ4n) is 3.69. The third kappa shape index (κ3) is 6.38. The molecule has 0 saturated carbocycles. The number of urea groups is 1. The molecule has 0 unspecified atom stereocenters. The standard InChI is InChI=1S/C26H18Br2N4O7/c1-14-4-2-5-17(8-14)29-22(33)13-39-23-15(9-16(27)11-21(23)28)10-20-24(34)30-26(36)31(25(20)35)18-6-3-7-19(12-18)32(37)38/h2-12H,13H2,1H3,(H,29,33)(H,30,34,36)/b20-10-. The van der Waals surface area contributed by atoms with Gasteiger partial charge in [-0.2, -0.15) is 0 Å². The first-order chi connectivity index (χ1) is 18.5. The zero-order valence-electron chi connectivity index (χ0n) is 20.1. The van der Waals surface area contributed by atoms with Crippen molar-refractivity contribution in [2.45, 2.75) is 6.92 Å². The summed E-state index contributed by atoms with van der Waals surface area (Å²) in [6, 6.07) is 14.3. The van der Waals surface area contributed by atoms with E-state index in [0.29, 0.717) is 19.5 Å². The molecule has 1 aliphatic rings. The van der Waals surface area contributed by atoms with Crippen LogP contribution in [-0.4, -0.2) is 35.3 Å². The Kier molecular flexibility index (Phi) is 8.21. The highest BCUT2D eigenvalue weighted by Gasteiger charge is 2.37. The molecule has 1 aliphatic heterocycles. The van der Waals surface area contributed by atoms with Gasteiger partial charge in [-0.15, -0.1) is 0 Å². The van der Waals surface area contributed by atoms with Gasteiger partial charge in [0.15, 0.2) is 6.61 Å². The van der Waals surface area contributed by atoms with Crippen molar-refractivity contribution in [1.82, 2.24) is 5.32 Å². The number of ether oxygens (including phenoxy) is 1. The molecule has 198 valence electrons. The molecule has 11 nitrogen and oxygen atoms in total. The molecule has 2 N–H and O–H groups in total. The molecule has 0 aliphatic carbocycles. The fraction of sp³-hybridized carbons (Fsp3) is 0.0769. The van der Waals surface area contributed by atoms with Gasteiger partial charge in [0.05, 0.1) is 15.1 Å². The number of hydrogen-bond donors (Lipinski definition) is 2. The summed E-state index contributed by atoms with van der Waals surface area (Å²) in [5.74, 6) is -2.25. The second-order valence-corrected chi connectivity index (χ2v) is 10.0. The van der Waals surface area contributed by atoms with Crippen molar-refractivity contribution in [3.8, 4) is 5.75 Å². The van der Waals surface area contributed by atoms with Crippen molar-refractivity contribution in [2.75, 3.05) is 16.8 Å². The van der Waals surface area contributed by atoms with Crippen LogP contribution in [-0.2, 0) is 14.4 Å². The second-order valence-electron chi connectivity index (χ2n) is 8.25. The average molecular weight is 658 g/mol. The number of carbonyl (C=O) groups excluding carboxylic acids is 4. The van der Waals surface area contributed by atoms with Crippen molar-refractivity contribution in [3.63, 3.8) is 0 Å². The number of rotatable bonds is 7. The molecule has 0 radical (unpaired) electrons. The Balaban J connectivity index is 1.64. The summed E-state index contributed by atoms with van der Waals surface area (Å²) in [7, 11) is 0. The first kappa shape index (κ1) is 27.7. The summed E-state index contributed by atoms with van der Waals surface area (Å²) in [5, 5.41) is 16.0. The molecular formula is C26H18Br2N4O7. The van der Waals surface area contributed by atoms with Crippen LogP contribution >= 0.6 is 31.9 Å². The summed E-state index contributed by atoms with van der Waals surface area (Å²) in [6.07, 6.45) is 1.21. The topological polar surface area (TPSA) is 148 Å². The summed E-state index contributed by atoms with van der Waals surface area (Å²) in [4.78, 5) is 62.1. The minimum Gasteiger partial charge on any atom is -0.482 e. The van der Waals surface area contributed by atoms with E-state index in [0.717, 1.165) is 11.6 Å². The lowest BCUT2D eigenvalue weighted by Crippen LogP contribution is -2.54. The smallest absolute Gasteiger partial charge is 0.335 e. The van der Waals surface area contributed by atoms with Crippen LogP contribution in [0.1, 0.15) is 11.1 Å². The summed E-state index contributed by atoms with van der Waals surface area (Å²) >= 11 is 6.71. The van der Waals surface area contributed by atoms with Crippen LogP contribution in [0, 0.1) is 17.0 Å². The van der Waals surface area contributed by atoms with E-state index in [-0.39, 0.29) is 29.3 Å². The fourth-order valence-corrected chi connectivity index (χ4v) is 5.06. The number of nitro benzene ring substituents is 1. The number of nitrogens with one attached hydrogen (secondary N) is 2. The molecule has 0 spiro atoms. The number of imide groups is 2. The molecule has 0 aromatic heterocycles. The monoisotopic (exact) mass is 656 g/mol.